The fourth-order valence-electron chi connectivity index (χ4n) is 4.49. The summed E-state index contributed by atoms with van der Waals surface area (Å²) in [5.74, 6) is 2.47. The fraction of sp³-hybridized carbons (Fsp3) is 0.667. The number of aliphatic imine (C=N–C) groups is 1. The quantitative estimate of drug-likeness (QED) is 0.278. The van der Waals surface area contributed by atoms with Crippen molar-refractivity contribution < 1.29 is 9.53 Å². The number of carbonyl (C=O) groups excluding carboxylic acids is 1. The van der Waals surface area contributed by atoms with Crippen LogP contribution in [0.4, 0.5) is 0 Å². The molecule has 2 fully saturated rings. The molecule has 3 rings (SSSR count). The zero-order chi connectivity index (χ0) is 21.9. The van der Waals surface area contributed by atoms with E-state index in [1.54, 1.807) is 7.11 Å². The number of carbonyl (C=O) groups is 1. The third-order valence-electron chi connectivity index (χ3n) is 6.30. The minimum Gasteiger partial charge on any atom is -0.496 e. The van der Waals surface area contributed by atoms with Crippen molar-refractivity contribution in [2.45, 2.75) is 39.0 Å². The maximum absolute atomic E-state index is 12.6. The largest absolute Gasteiger partial charge is 0.496 e. The summed E-state index contributed by atoms with van der Waals surface area (Å²) in [4.78, 5) is 21.8. The number of nitrogens with zero attached hydrogens (tertiary/aromatic N) is 3. The first-order chi connectivity index (χ1) is 15.2. The van der Waals surface area contributed by atoms with E-state index in [1.807, 2.05) is 18.2 Å². The van der Waals surface area contributed by atoms with E-state index in [2.05, 4.69) is 33.4 Å². The molecule has 1 heterocycles. The minimum absolute atomic E-state index is 0. The van der Waals surface area contributed by atoms with Gasteiger partial charge in [0.25, 0.3) is 0 Å². The van der Waals surface area contributed by atoms with Crippen LogP contribution in [0.3, 0.4) is 0 Å². The Labute approximate surface area is 210 Å². The van der Waals surface area contributed by atoms with Gasteiger partial charge in [0, 0.05) is 51.7 Å². The molecule has 1 saturated heterocycles. The van der Waals surface area contributed by atoms with Crippen LogP contribution in [0.2, 0.25) is 0 Å². The number of ether oxygens (including phenoxy) is 1. The van der Waals surface area contributed by atoms with Crippen LogP contribution in [-0.4, -0.2) is 81.1 Å². The second-order valence-electron chi connectivity index (χ2n) is 8.40. The second-order valence-corrected chi connectivity index (χ2v) is 8.40. The Kier molecular flexibility index (Phi) is 12.2. The van der Waals surface area contributed by atoms with Crippen molar-refractivity contribution in [2.75, 3.05) is 59.5 Å². The van der Waals surface area contributed by atoms with E-state index >= 15 is 0 Å². The molecule has 1 saturated carbocycles. The summed E-state index contributed by atoms with van der Waals surface area (Å²) >= 11 is 0. The molecule has 7 nitrogen and oxygen atoms in total. The highest BCUT2D eigenvalue weighted by molar-refractivity contribution is 14.0. The van der Waals surface area contributed by atoms with Crippen LogP contribution in [0.25, 0.3) is 0 Å². The lowest BCUT2D eigenvalue weighted by atomic mass is 10.1. The standard InChI is InChI=1S/C24H39N5O2.HI/c1-3-25-24(26-13-12-20-8-6-7-11-22(20)31-2)27-14-15-28-16-18-29(19-17-28)23(30)21-9-4-5-10-21;/h6-8,11,21H,3-5,9-10,12-19H2,1-2H3,(H2,25,26,27);1H. The van der Waals surface area contributed by atoms with Crippen molar-refractivity contribution >= 4 is 35.8 Å². The zero-order valence-corrected chi connectivity index (χ0v) is 22.0. The van der Waals surface area contributed by atoms with Gasteiger partial charge in [-0.15, -0.1) is 24.0 Å². The summed E-state index contributed by atoms with van der Waals surface area (Å²) in [7, 11) is 1.71. The fourth-order valence-corrected chi connectivity index (χ4v) is 4.49. The topological polar surface area (TPSA) is 69.2 Å². The lowest BCUT2D eigenvalue weighted by Crippen LogP contribution is -2.50. The number of para-hydroxylation sites is 1. The van der Waals surface area contributed by atoms with Gasteiger partial charge in [-0.2, -0.15) is 0 Å². The van der Waals surface area contributed by atoms with E-state index in [-0.39, 0.29) is 24.0 Å². The van der Waals surface area contributed by atoms with Crippen molar-refractivity contribution in [3.8, 4) is 5.75 Å². The molecule has 1 aliphatic heterocycles. The van der Waals surface area contributed by atoms with E-state index in [0.717, 1.165) is 83.3 Å². The van der Waals surface area contributed by atoms with Crippen molar-refractivity contribution in [3.63, 3.8) is 0 Å². The number of amides is 1. The lowest BCUT2D eigenvalue weighted by Gasteiger charge is -2.35. The van der Waals surface area contributed by atoms with E-state index in [9.17, 15) is 4.79 Å². The Morgan fingerprint density at radius 2 is 1.84 bits per heavy atom. The number of methoxy groups -OCH3 is 1. The summed E-state index contributed by atoms with van der Waals surface area (Å²) in [6.45, 7) is 9.01. The molecule has 0 bridgehead atoms. The number of nitrogens with one attached hydrogen (secondary N) is 2. The second kappa shape index (κ2) is 14.6. The van der Waals surface area contributed by atoms with Crippen LogP contribution in [0.5, 0.6) is 5.75 Å². The minimum atomic E-state index is 0. The number of benzene rings is 1. The normalized spacial score (nSPS) is 17.7. The number of rotatable bonds is 9. The van der Waals surface area contributed by atoms with Crippen molar-refractivity contribution in [1.29, 1.82) is 0 Å². The molecular formula is C24H40IN5O2. The first-order valence-corrected chi connectivity index (χ1v) is 11.9. The molecule has 2 N–H and O–H groups in total. The summed E-state index contributed by atoms with van der Waals surface area (Å²) in [6.07, 6.45) is 5.49. The summed E-state index contributed by atoms with van der Waals surface area (Å²) in [5, 5.41) is 6.75. The van der Waals surface area contributed by atoms with Crippen LogP contribution >= 0.6 is 24.0 Å². The molecule has 1 aromatic rings. The summed E-state index contributed by atoms with van der Waals surface area (Å²) in [5.41, 5.74) is 1.19. The number of hydrogen-bond acceptors (Lipinski definition) is 4. The maximum Gasteiger partial charge on any atom is 0.225 e. The Morgan fingerprint density at radius 1 is 1.12 bits per heavy atom. The third-order valence-corrected chi connectivity index (χ3v) is 6.30. The predicted molar refractivity (Wildman–Crippen MR) is 141 cm³/mol. The van der Waals surface area contributed by atoms with Gasteiger partial charge in [-0.1, -0.05) is 31.0 Å². The average molecular weight is 558 g/mol. The molecule has 2 aliphatic rings. The molecule has 1 aliphatic carbocycles. The van der Waals surface area contributed by atoms with Gasteiger partial charge in [-0.05, 0) is 37.8 Å². The van der Waals surface area contributed by atoms with Gasteiger partial charge >= 0.3 is 0 Å². The highest BCUT2D eigenvalue weighted by Gasteiger charge is 2.29. The Bertz CT molecular complexity index is 716. The summed E-state index contributed by atoms with van der Waals surface area (Å²) < 4.78 is 5.43. The van der Waals surface area contributed by atoms with E-state index in [4.69, 9.17) is 9.73 Å². The smallest absolute Gasteiger partial charge is 0.225 e. The SMILES string of the molecule is CCNC(=NCCN1CCN(C(=O)C2CCCC2)CC1)NCCc1ccccc1OC.I. The molecule has 0 atom stereocenters. The van der Waals surface area contributed by atoms with Crippen molar-refractivity contribution in [1.82, 2.24) is 20.4 Å². The van der Waals surface area contributed by atoms with Crippen LogP contribution in [0.1, 0.15) is 38.2 Å². The monoisotopic (exact) mass is 557 g/mol. The van der Waals surface area contributed by atoms with Crippen LogP contribution < -0.4 is 15.4 Å². The predicted octanol–water partition coefficient (Wildman–Crippen LogP) is 2.75. The molecule has 8 heteroatoms. The molecule has 0 spiro atoms. The molecule has 1 amide bonds. The van der Waals surface area contributed by atoms with Gasteiger partial charge in [-0.3, -0.25) is 14.7 Å². The van der Waals surface area contributed by atoms with E-state index < -0.39 is 0 Å². The highest BCUT2D eigenvalue weighted by atomic mass is 127. The Morgan fingerprint density at radius 3 is 2.53 bits per heavy atom. The molecule has 1 aromatic carbocycles. The maximum atomic E-state index is 12.6. The van der Waals surface area contributed by atoms with E-state index in [0.29, 0.717) is 11.8 Å². The summed E-state index contributed by atoms with van der Waals surface area (Å²) in [6, 6.07) is 8.13. The van der Waals surface area contributed by atoms with Crippen molar-refractivity contribution in [2.24, 2.45) is 10.9 Å². The number of guanidine groups is 1. The molecule has 180 valence electrons. The average Bonchev–Trinajstić information content (AvgIpc) is 3.34. The van der Waals surface area contributed by atoms with Gasteiger partial charge in [0.1, 0.15) is 5.75 Å². The molecule has 0 unspecified atom stereocenters. The molecule has 0 radical (unpaired) electrons. The van der Waals surface area contributed by atoms with Crippen LogP contribution in [0, 0.1) is 5.92 Å². The Balaban J connectivity index is 0.00000363. The number of hydrogen-bond donors (Lipinski definition) is 2. The van der Waals surface area contributed by atoms with Gasteiger partial charge in [0.2, 0.25) is 5.91 Å². The zero-order valence-electron chi connectivity index (χ0n) is 19.6. The van der Waals surface area contributed by atoms with Gasteiger partial charge in [-0.25, -0.2) is 0 Å². The first kappa shape index (κ1) is 26.7. The Hall–Kier alpha value is -1.55. The number of piperazine rings is 1. The van der Waals surface area contributed by atoms with Gasteiger partial charge in [0.05, 0.1) is 13.7 Å². The van der Waals surface area contributed by atoms with Crippen LogP contribution in [0.15, 0.2) is 29.3 Å². The van der Waals surface area contributed by atoms with Crippen molar-refractivity contribution in [3.05, 3.63) is 29.8 Å². The van der Waals surface area contributed by atoms with Crippen LogP contribution in [-0.2, 0) is 11.2 Å². The van der Waals surface area contributed by atoms with Gasteiger partial charge in [0.15, 0.2) is 5.96 Å². The van der Waals surface area contributed by atoms with E-state index in [1.165, 1.54) is 18.4 Å². The van der Waals surface area contributed by atoms with Gasteiger partial charge < -0.3 is 20.3 Å². The molecule has 0 aromatic heterocycles. The third kappa shape index (κ3) is 8.10. The number of halogens is 1. The molecule has 32 heavy (non-hydrogen) atoms. The highest BCUT2D eigenvalue weighted by Crippen LogP contribution is 2.26. The lowest BCUT2D eigenvalue weighted by molar-refractivity contribution is -0.137. The molecular weight excluding hydrogens is 517 g/mol. The first-order valence-electron chi connectivity index (χ1n) is 11.9.